The lowest BCUT2D eigenvalue weighted by Crippen LogP contribution is -2.14. The molecule has 0 unspecified atom stereocenters. The van der Waals surface area contributed by atoms with Crippen LogP contribution in [0.2, 0.25) is 0 Å². The zero-order valence-electron chi connectivity index (χ0n) is 9.45. The van der Waals surface area contributed by atoms with Gasteiger partial charge in [0.2, 0.25) is 0 Å². The summed E-state index contributed by atoms with van der Waals surface area (Å²) >= 11 is 0. The largest absolute Gasteiger partial charge is 0.457 e. The van der Waals surface area contributed by atoms with Gasteiger partial charge < -0.3 is 21.4 Å². The third kappa shape index (κ3) is 2.67. The zero-order chi connectivity index (χ0) is 13.0. The monoisotopic (exact) mass is 244 g/mol. The number of aromatic nitrogens is 1. The number of benzene rings is 1. The predicted octanol–water partition coefficient (Wildman–Crippen LogP) is 1.55. The predicted molar refractivity (Wildman–Crippen MR) is 67.7 cm³/mol. The Bertz CT molecular complexity index is 584. The number of anilines is 1. The van der Waals surface area contributed by atoms with Crippen LogP contribution >= 0.6 is 0 Å². The lowest BCUT2D eigenvalue weighted by atomic mass is 10.3. The second kappa shape index (κ2) is 5.05. The summed E-state index contributed by atoms with van der Waals surface area (Å²) in [4.78, 5) is 3.95. The quantitative estimate of drug-likeness (QED) is 0.250. The maximum atomic E-state index is 8.57. The van der Waals surface area contributed by atoms with E-state index >= 15 is 0 Å². The van der Waals surface area contributed by atoms with E-state index in [9.17, 15) is 0 Å². The van der Waals surface area contributed by atoms with Crippen LogP contribution in [0.5, 0.6) is 11.5 Å². The summed E-state index contributed by atoms with van der Waals surface area (Å²) in [5.74, 6) is 1.05. The van der Waals surface area contributed by atoms with Crippen molar-refractivity contribution in [3.8, 4) is 11.5 Å². The van der Waals surface area contributed by atoms with Crippen LogP contribution in [0.1, 0.15) is 5.69 Å². The molecule has 0 bridgehead atoms. The van der Waals surface area contributed by atoms with Crippen LogP contribution in [0.15, 0.2) is 47.8 Å². The topological polar surface area (TPSA) is 107 Å². The maximum Gasteiger partial charge on any atom is 0.188 e. The number of pyridine rings is 1. The van der Waals surface area contributed by atoms with Crippen molar-refractivity contribution in [1.29, 1.82) is 0 Å². The summed E-state index contributed by atoms with van der Waals surface area (Å²) in [5, 5.41) is 11.4. The van der Waals surface area contributed by atoms with Crippen molar-refractivity contribution in [2.45, 2.75) is 0 Å². The van der Waals surface area contributed by atoms with Crippen LogP contribution in [-0.4, -0.2) is 16.0 Å². The lowest BCUT2D eigenvalue weighted by molar-refractivity contribution is 0.318. The minimum absolute atomic E-state index is 0.0759. The number of amidine groups is 1. The van der Waals surface area contributed by atoms with Gasteiger partial charge in [-0.1, -0.05) is 11.2 Å². The smallest absolute Gasteiger partial charge is 0.188 e. The van der Waals surface area contributed by atoms with Gasteiger partial charge in [0.25, 0.3) is 0 Å². The normalized spacial score (nSPS) is 11.2. The summed E-state index contributed by atoms with van der Waals surface area (Å²) in [6, 6.07) is 10.3. The highest BCUT2D eigenvalue weighted by Gasteiger charge is 2.04. The van der Waals surface area contributed by atoms with Crippen LogP contribution in [0.3, 0.4) is 0 Å². The number of nitrogen functional groups attached to an aromatic ring is 1. The van der Waals surface area contributed by atoms with Crippen molar-refractivity contribution >= 4 is 11.5 Å². The Hall–Kier alpha value is -2.76. The Labute approximate surface area is 104 Å². The zero-order valence-corrected chi connectivity index (χ0v) is 9.45. The molecule has 0 aliphatic rings. The van der Waals surface area contributed by atoms with Gasteiger partial charge in [-0.2, -0.15) is 0 Å². The molecular formula is C12H12N4O2. The van der Waals surface area contributed by atoms with E-state index in [-0.39, 0.29) is 5.84 Å². The fourth-order valence-electron chi connectivity index (χ4n) is 1.38. The molecule has 0 fully saturated rings. The Morgan fingerprint density at radius 2 is 2.00 bits per heavy atom. The Balaban J connectivity index is 2.24. The number of oxime groups is 1. The maximum absolute atomic E-state index is 8.57. The van der Waals surface area contributed by atoms with Crippen molar-refractivity contribution in [3.63, 3.8) is 0 Å². The van der Waals surface area contributed by atoms with Crippen LogP contribution in [0.25, 0.3) is 0 Å². The summed E-state index contributed by atoms with van der Waals surface area (Å²) < 4.78 is 5.58. The first-order valence-corrected chi connectivity index (χ1v) is 5.16. The van der Waals surface area contributed by atoms with Gasteiger partial charge in [0.05, 0.1) is 0 Å². The van der Waals surface area contributed by atoms with E-state index in [4.69, 9.17) is 21.4 Å². The molecule has 2 aromatic rings. The Morgan fingerprint density at radius 3 is 2.72 bits per heavy atom. The molecule has 0 aliphatic carbocycles. The number of nitrogens with zero attached hydrogens (tertiary/aromatic N) is 2. The molecule has 0 aliphatic heterocycles. The van der Waals surface area contributed by atoms with Crippen molar-refractivity contribution in [3.05, 3.63) is 48.3 Å². The first kappa shape index (κ1) is 11.7. The molecule has 5 N–H and O–H groups in total. The summed E-state index contributed by atoms with van der Waals surface area (Å²) in [6.45, 7) is 0. The second-order valence-corrected chi connectivity index (χ2v) is 3.54. The number of hydrogen-bond acceptors (Lipinski definition) is 5. The number of hydrogen-bond donors (Lipinski definition) is 3. The summed E-state index contributed by atoms with van der Waals surface area (Å²) in [5.41, 5.74) is 12.0. The minimum Gasteiger partial charge on any atom is -0.457 e. The average molecular weight is 244 g/mol. The molecule has 1 aromatic heterocycles. The van der Waals surface area contributed by atoms with Gasteiger partial charge in [-0.3, -0.25) is 4.98 Å². The van der Waals surface area contributed by atoms with Crippen molar-refractivity contribution in [2.75, 3.05) is 5.73 Å². The molecule has 0 saturated carbocycles. The van der Waals surface area contributed by atoms with E-state index < -0.39 is 0 Å². The van der Waals surface area contributed by atoms with Crippen LogP contribution in [0.4, 0.5) is 5.69 Å². The number of ether oxygens (including phenoxy) is 1. The first-order chi connectivity index (χ1) is 8.69. The highest BCUT2D eigenvalue weighted by molar-refractivity contribution is 5.95. The SMILES string of the molecule is NC(=NO)c1cc(Oc2cccc(N)c2)ccn1. The molecule has 6 heteroatoms. The molecule has 1 heterocycles. The van der Waals surface area contributed by atoms with E-state index in [2.05, 4.69) is 10.1 Å². The van der Waals surface area contributed by atoms with Gasteiger partial charge in [0.15, 0.2) is 5.84 Å². The van der Waals surface area contributed by atoms with Crippen molar-refractivity contribution in [2.24, 2.45) is 10.9 Å². The van der Waals surface area contributed by atoms with Crippen molar-refractivity contribution < 1.29 is 9.94 Å². The van der Waals surface area contributed by atoms with E-state index in [1.165, 1.54) is 6.20 Å². The van der Waals surface area contributed by atoms with Gasteiger partial charge in [0, 0.05) is 24.0 Å². The van der Waals surface area contributed by atoms with Crippen LogP contribution in [0, 0.1) is 0 Å². The third-order valence-electron chi connectivity index (χ3n) is 2.20. The average Bonchev–Trinajstić information content (AvgIpc) is 2.38. The van der Waals surface area contributed by atoms with E-state index in [1.54, 1.807) is 36.4 Å². The lowest BCUT2D eigenvalue weighted by Gasteiger charge is -2.07. The van der Waals surface area contributed by atoms with Gasteiger partial charge >= 0.3 is 0 Å². The van der Waals surface area contributed by atoms with Crippen LogP contribution in [-0.2, 0) is 0 Å². The minimum atomic E-state index is -0.0759. The molecule has 0 amide bonds. The highest BCUT2D eigenvalue weighted by atomic mass is 16.5. The number of nitrogens with two attached hydrogens (primary N) is 2. The molecule has 0 atom stereocenters. The fourth-order valence-corrected chi connectivity index (χ4v) is 1.38. The summed E-state index contributed by atoms with van der Waals surface area (Å²) in [6.07, 6.45) is 1.51. The number of rotatable bonds is 3. The second-order valence-electron chi connectivity index (χ2n) is 3.54. The van der Waals surface area contributed by atoms with E-state index in [1.807, 2.05) is 0 Å². The Kier molecular flexibility index (Phi) is 3.29. The molecule has 0 spiro atoms. The fraction of sp³-hybridized carbons (Fsp3) is 0. The molecular weight excluding hydrogens is 232 g/mol. The molecule has 0 radical (unpaired) electrons. The molecule has 0 saturated heterocycles. The Morgan fingerprint density at radius 1 is 1.22 bits per heavy atom. The van der Waals surface area contributed by atoms with Crippen molar-refractivity contribution in [1.82, 2.24) is 4.98 Å². The van der Waals surface area contributed by atoms with E-state index in [0.717, 1.165) is 0 Å². The molecule has 6 nitrogen and oxygen atoms in total. The molecule has 1 aromatic carbocycles. The third-order valence-corrected chi connectivity index (χ3v) is 2.20. The summed E-state index contributed by atoms with van der Waals surface area (Å²) in [7, 11) is 0. The highest BCUT2D eigenvalue weighted by Crippen LogP contribution is 2.22. The molecule has 2 rings (SSSR count). The van der Waals surface area contributed by atoms with E-state index in [0.29, 0.717) is 22.9 Å². The molecule has 92 valence electrons. The van der Waals surface area contributed by atoms with Gasteiger partial charge in [0.1, 0.15) is 17.2 Å². The molecule has 18 heavy (non-hydrogen) atoms. The van der Waals surface area contributed by atoms with Crippen LogP contribution < -0.4 is 16.2 Å². The van der Waals surface area contributed by atoms with Gasteiger partial charge in [-0.05, 0) is 18.2 Å². The first-order valence-electron chi connectivity index (χ1n) is 5.16. The van der Waals surface area contributed by atoms with Gasteiger partial charge in [-0.15, -0.1) is 0 Å². The van der Waals surface area contributed by atoms with Gasteiger partial charge in [-0.25, -0.2) is 0 Å². The standard InChI is InChI=1S/C12H12N4O2/c13-8-2-1-3-9(6-8)18-10-4-5-15-11(7-10)12(14)16-17/h1-7,17H,13H2,(H2,14,16).